The minimum absolute atomic E-state index is 0.114. The van der Waals surface area contributed by atoms with Crippen LogP contribution in [0.1, 0.15) is 60.8 Å². The molecule has 7 nitrogen and oxygen atoms in total. The van der Waals surface area contributed by atoms with Crippen molar-refractivity contribution in [2.75, 3.05) is 0 Å². The van der Waals surface area contributed by atoms with Crippen LogP contribution in [-0.4, -0.2) is 68.6 Å². The number of aliphatic hydroxyl groups is 4. The summed E-state index contributed by atoms with van der Waals surface area (Å²) in [6.45, 7) is 11.3. The molecule has 0 radical (unpaired) electrons. The lowest BCUT2D eigenvalue weighted by Crippen LogP contribution is -2.37. The first-order valence-electron chi connectivity index (χ1n) is 12.7. The largest absolute Gasteiger partial charge is 0.457 e. The van der Waals surface area contributed by atoms with Crippen molar-refractivity contribution in [2.45, 2.75) is 103 Å². The standard InChI is InChI=1S/C28H44O7/c1-7-22(30)20(5)27-23(34-27)15-17(2)9-8-10-18(3)26-19(4)11-12-24(31)28(6,33)14-13-21(29)16-25(32)35-26/h8-14,17,19-24,26-27,29-31,33H,7,15-16H2,1-6H3/b9-8+,12-11-,14-13-,18-10+. The van der Waals surface area contributed by atoms with Crippen molar-refractivity contribution < 1.29 is 34.7 Å². The second-order valence-electron chi connectivity index (χ2n) is 10.4. The van der Waals surface area contributed by atoms with E-state index in [0.717, 1.165) is 18.4 Å². The Morgan fingerprint density at radius 1 is 1.26 bits per heavy atom. The van der Waals surface area contributed by atoms with Crippen molar-refractivity contribution in [2.24, 2.45) is 17.8 Å². The molecule has 1 saturated heterocycles. The maximum absolute atomic E-state index is 12.4. The van der Waals surface area contributed by atoms with Gasteiger partial charge in [0.1, 0.15) is 17.8 Å². The molecule has 1 fully saturated rings. The molecule has 35 heavy (non-hydrogen) atoms. The Kier molecular flexibility index (Phi) is 10.9. The highest BCUT2D eigenvalue weighted by molar-refractivity contribution is 5.70. The van der Waals surface area contributed by atoms with E-state index in [9.17, 15) is 25.2 Å². The summed E-state index contributed by atoms with van der Waals surface area (Å²) in [6, 6.07) is 0. The predicted molar refractivity (Wildman–Crippen MR) is 135 cm³/mol. The summed E-state index contributed by atoms with van der Waals surface area (Å²) in [5.41, 5.74) is -0.751. The number of esters is 1. The fourth-order valence-electron chi connectivity index (χ4n) is 4.36. The highest BCUT2D eigenvalue weighted by Gasteiger charge is 2.44. The van der Waals surface area contributed by atoms with Gasteiger partial charge < -0.3 is 29.9 Å². The van der Waals surface area contributed by atoms with Crippen LogP contribution in [0.3, 0.4) is 0 Å². The number of epoxide rings is 1. The van der Waals surface area contributed by atoms with Gasteiger partial charge in [0.05, 0.1) is 30.8 Å². The van der Waals surface area contributed by atoms with Gasteiger partial charge in [0, 0.05) is 11.8 Å². The van der Waals surface area contributed by atoms with E-state index in [2.05, 4.69) is 13.0 Å². The summed E-state index contributed by atoms with van der Waals surface area (Å²) in [4.78, 5) is 12.4. The molecular weight excluding hydrogens is 448 g/mol. The van der Waals surface area contributed by atoms with Crippen molar-refractivity contribution in [1.29, 1.82) is 0 Å². The lowest BCUT2D eigenvalue weighted by Gasteiger charge is -2.27. The minimum atomic E-state index is -1.57. The molecular formula is C28H44O7. The first kappa shape index (κ1) is 29.5. The van der Waals surface area contributed by atoms with E-state index >= 15 is 0 Å². The van der Waals surface area contributed by atoms with Crippen molar-refractivity contribution in [3.05, 3.63) is 48.1 Å². The molecule has 2 heterocycles. The second-order valence-corrected chi connectivity index (χ2v) is 10.4. The van der Waals surface area contributed by atoms with Crippen LogP contribution in [0.2, 0.25) is 0 Å². The van der Waals surface area contributed by atoms with Crippen molar-refractivity contribution >= 4 is 5.97 Å². The van der Waals surface area contributed by atoms with E-state index in [1.807, 2.05) is 39.8 Å². The third kappa shape index (κ3) is 8.99. The summed E-state index contributed by atoms with van der Waals surface area (Å²) in [7, 11) is 0. The average molecular weight is 493 g/mol. The van der Waals surface area contributed by atoms with Gasteiger partial charge in [-0.1, -0.05) is 70.2 Å². The van der Waals surface area contributed by atoms with Crippen molar-refractivity contribution in [3.8, 4) is 0 Å². The van der Waals surface area contributed by atoms with Gasteiger partial charge >= 0.3 is 5.97 Å². The van der Waals surface area contributed by atoms with Crippen LogP contribution in [0.5, 0.6) is 0 Å². The van der Waals surface area contributed by atoms with E-state index in [4.69, 9.17) is 9.47 Å². The molecule has 10 atom stereocenters. The first-order valence-corrected chi connectivity index (χ1v) is 12.7. The van der Waals surface area contributed by atoms with Crippen LogP contribution in [0.4, 0.5) is 0 Å². The average Bonchev–Trinajstić information content (AvgIpc) is 3.56. The molecule has 198 valence electrons. The third-order valence-electron chi connectivity index (χ3n) is 6.98. The summed E-state index contributed by atoms with van der Waals surface area (Å²) in [5, 5.41) is 40.9. The summed E-state index contributed by atoms with van der Waals surface area (Å²) in [5.74, 6) is -0.405. The monoisotopic (exact) mass is 492 g/mol. The Labute approximate surface area is 209 Å². The second kappa shape index (κ2) is 13.0. The molecule has 4 N–H and O–H groups in total. The van der Waals surface area contributed by atoms with E-state index in [1.54, 1.807) is 6.08 Å². The number of carbonyl (C=O) groups excluding carboxylic acids is 1. The van der Waals surface area contributed by atoms with Gasteiger partial charge in [0.2, 0.25) is 0 Å². The van der Waals surface area contributed by atoms with Gasteiger partial charge in [0.25, 0.3) is 0 Å². The smallest absolute Gasteiger partial charge is 0.309 e. The number of carbonyl (C=O) groups is 1. The molecule has 2 aliphatic heterocycles. The number of cyclic esters (lactones) is 1. The molecule has 0 aromatic carbocycles. The van der Waals surface area contributed by atoms with Gasteiger partial charge in [-0.05, 0) is 38.2 Å². The molecule has 0 amide bonds. The third-order valence-corrected chi connectivity index (χ3v) is 6.98. The number of hydrogen-bond donors (Lipinski definition) is 4. The Bertz CT molecular complexity index is 812. The predicted octanol–water partition coefficient (Wildman–Crippen LogP) is 3.23. The Morgan fingerprint density at radius 2 is 1.94 bits per heavy atom. The zero-order chi connectivity index (χ0) is 26.3. The fraction of sp³-hybridized carbons (Fsp3) is 0.679. The molecule has 0 bridgehead atoms. The lowest BCUT2D eigenvalue weighted by atomic mass is 9.92. The van der Waals surface area contributed by atoms with Crippen LogP contribution in [0, 0.1) is 17.8 Å². The summed E-state index contributed by atoms with van der Waals surface area (Å²) >= 11 is 0. The van der Waals surface area contributed by atoms with Crippen LogP contribution in [-0.2, 0) is 14.3 Å². The number of hydrogen-bond acceptors (Lipinski definition) is 7. The number of ether oxygens (including phenoxy) is 2. The quantitative estimate of drug-likeness (QED) is 0.178. The highest BCUT2D eigenvalue weighted by atomic mass is 16.6. The van der Waals surface area contributed by atoms with Gasteiger partial charge in [-0.3, -0.25) is 4.79 Å². The molecule has 2 aliphatic rings. The van der Waals surface area contributed by atoms with Crippen LogP contribution in [0.15, 0.2) is 48.1 Å². The maximum atomic E-state index is 12.4. The SMILES string of the molecule is CCC(O)C(C)C1OC1CC(C)/C=C/C=C(\C)C1OC(=O)CC(O)/C=C\C(C)(O)C(O)/C=C\C1C. The molecule has 0 spiro atoms. The molecule has 0 aromatic rings. The van der Waals surface area contributed by atoms with Gasteiger partial charge in [-0.2, -0.15) is 0 Å². The summed E-state index contributed by atoms with van der Waals surface area (Å²) < 4.78 is 11.5. The van der Waals surface area contributed by atoms with E-state index in [0.29, 0.717) is 0 Å². The highest BCUT2D eigenvalue weighted by Crippen LogP contribution is 2.36. The first-order chi connectivity index (χ1) is 16.4. The molecule has 0 saturated carbocycles. The van der Waals surface area contributed by atoms with E-state index < -0.39 is 29.9 Å². The normalized spacial score (nSPS) is 39.1. The number of allylic oxidation sites excluding steroid dienone is 3. The zero-order valence-electron chi connectivity index (χ0n) is 21.9. The van der Waals surface area contributed by atoms with Crippen LogP contribution >= 0.6 is 0 Å². The molecule has 2 rings (SSSR count). The summed E-state index contributed by atoms with van der Waals surface area (Å²) in [6.07, 6.45) is 10.1. The van der Waals surface area contributed by atoms with Crippen molar-refractivity contribution in [1.82, 2.24) is 0 Å². The Morgan fingerprint density at radius 3 is 2.60 bits per heavy atom. The number of aliphatic hydroxyl groups excluding tert-OH is 3. The minimum Gasteiger partial charge on any atom is -0.457 e. The van der Waals surface area contributed by atoms with Gasteiger partial charge in [0.15, 0.2) is 0 Å². The zero-order valence-corrected chi connectivity index (χ0v) is 21.9. The molecule has 10 unspecified atom stereocenters. The maximum Gasteiger partial charge on any atom is 0.309 e. The van der Waals surface area contributed by atoms with E-state index in [1.165, 1.54) is 25.2 Å². The Balaban J connectivity index is 2.05. The number of rotatable bonds is 8. The molecule has 7 heteroatoms. The Hall–Kier alpha value is -1.77. The van der Waals surface area contributed by atoms with Crippen molar-refractivity contribution in [3.63, 3.8) is 0 Å². The lowest BCUT2D eigenvalue weighted by molar-refractivity contribution is -0.150. The fourth-order valence-corrected chi connectivity index (χ4v) is 4.36. The van der Waals surface area contributed by atoms with Gasteiger partial charge in [-0.25, -0.2) is 0 Å². The van der Waals surface area contributed by atoms with Crippen LogP contribution < -0.4 is 0 Å². The van der Waals surface area contributed by atoms with E-state index in [-0.39, 0.29) is 42.5 Å². The van der Waals surface area contributed by atoms with Crippen LogP contribution in [0.25, 0.3) is 0 Å². The molecule has 0 aliphatic carbocycles. The topological polar surface area (TPSA) is 120 Å². The molecule has 0 aromatic heterocycles. The van der Waals surface area contributed by atoms with Gasteiger partial charge in [-0.15, -0.1) is 0 Å².